The van der Waals surface area contributed by atoms with E-state index in [1.807, 2.05) is 6.92 Å². The minimum atomic E-state index is -0.179. The summed E-state index contributed by atoms with van der Waals surface area (Å²) in [5, 5.41) is 9.24. The maximum Gasteiger partial charge on any atom is 0.237 e. The van der Waals surface area contributed by atoms with E-state index < -0.39 is 0 Å². The van der Waals surface area contributed by atoms with Crippen molar-refractivity contribution in [2.45, 2.75) is 76.4 Å². The Bertz CT molecular complexity index is 336. The molecule has 114 valence electrons. The molecular weight excluding hydrogens is 254 g/mol. The largest absolute Gasteiger partial charge is 0.353 e. The number of hydrogen-bond acceptors (Lipinski definition) is 3. The van der Waals surface area contributed by atoms with Gasteiger partial charge >= 0.3 is 0 Å². The summed E-state index contributed by atoms with van der Waals surface area (Å²) in [6.45, 7) is 2.59. The van der Waals surface area contributed by atoms with Crippen LogP contribution in [0.5, 0.6) is 0 Å². The predicted octanol–water partition coefficient (Wildman–Crippen LogP) is 1.08. The van der Waals surface area contributed by atoms with E-state index in [2.05, 4.69) is 16.0 Å². The standard InChI is InChI=1S/C15H27N3O2/c1-11(15(20)18-12-5-2-3-6-12)16-10-4-7-14(19)17-13-8-9-13/h11-13,16H,2-10H2,1H3,(H,17,19)(H,18,20). The third-order valence-corrected chi connectivity index (χ3v) is 4.07. The van der Waals surface area contributed by atoms with Crippen LogP contribution in [0.1, 0.15) is 58.3 Å². The second-order valence-corrected chi connectivity index (χ2v) is 6.11. The maximum atomic E-state index is 11.9. The van der Waals surface area contributed by atoms with Crippen molar-refractivity contribution >= 4 is 11.8 Å². The van der Waals surface area contributed by atoms with Crippen LogP contribution in [0.4, 0.5) is 0 Å². The lowest BCUT2D eigenvalue weighted by atomic mass is 10.2. The third kappa shape index (κ3) is 5.49. The van der Waals surface area contributed by atoms with Gasteiger partial charge in [0.05, 0.1) is 6.04 Å². The van der Waals surface area contributed by atoms with E-state index in [1.165, 1.54) is 12.8 Å². The van der Waals surface area contributed by atoms with Gasteiger partial charge in [0.15, 0.2) is 0 Å². The van der Waals surface area contributed by atoms with Gasteiger partial charge in [-0.3, -0.25) is 9.59 Å². The molecule has 0 spiro atoms. The van der Waals surface area contributed by atoms with Crippen LogP contribution in [0.15, 0.2) is 0 Å². The fourth-order valence-electron chi connectivity index (χ4n) is 2.58. The highest BCUT2D eigenvalue weighted by atomic mass is 16.2. The van der Waals surface area contributed by atoms with E-state index >= 15 is 0 Å². The quantitative estimate of drug-likeness (QED) is 0.583. The lowest BCUT2D eigenvalue weighted by Gasteiger charge is -2.17. The second-order valence-electron chi connectivity index (χ2n) is 6.11. The van der Waals surface area contributed by atoms with E-state index in [4.69, 9.17) is 0 Å². The van der Waals surface area contributed by atoms with E-state index in [1.54, 1.807) is 0 Å². The minimum Gasteiger partial charge on any atom is -0.353 e. The second kappa shape index (κ2) is 7.62. The molecule has 0 aromatic heterocycles. The molecule has 5 heteroatoms. The first kappa shape index (κ1) is 15.3. The molecule has 2 aliphatic carbocycles. The number of carbonyl (C=O) groups is 2. The lowest BCUT2D eigenvalue weighted by Crippen LogP contribution is -2.45. The Morgan fingerprint density at radius 2 is 1.70 bits per heavy atom. The van der Waals surface area contributed by atoms with Gasteiger partial charge in [0.1, 0.15) is 0 Å². The summed E-state index contributed by atoms with van der Waals surface area (Å²) in [6, 6.07) is 0.629. The van der Waals surface area contributed by atoms with E-state index in [0.717, 1.165) is 32.1 Å². The average molecular weight is 281 g/mol. The van der Waals surface area contributed by atoms with Crippen molar-refractivity contribution in [1.29, 1.82) is 0 Å². The van der Waals surface area contributed by atoms with Crippen LogP contribution < -0.4 is 16.0 Å². The molecule has 2 rings (SSSR count). The zero-order chi connectivity index (χ0) is 14.4. The Morgan fingerprint density at radius 3 is 2.35 bits per heavy atom. The topological polar surface area (TPSA) is 70.2 Å². The normalized spacial score (nSPS) is 20.6. The summed E-state index contributed by atoms with van der Waals surface area (Å²) in [7, 11) is 0. The molecule has 5 nitrogen and oxygen atoms in total. The molecular formula is C15H27N3O2. The van der Waals surface area contributed by atoms with E-state index in [9.17, 15) is 9.59 Å². The fraction of sp³-hybridized carbons (Fsp3) is 0.867. The van der Waals surface area contributed by atoms with Gasteiger partial charge in [0.2, 0.25) is 11.8 Å². The van der Waals surface area contributed by atoms with Crippen LogP contribution in [-0.2, 0) is 9.59 Å². The molecule has 0 radical (unpaired) electrons. The van der Waals surface area contributed by atoms with Crippen LogP contribution >= 0.6 is 0 Å². The Labute approximate surface area is 121 Å². The van der Waals surface area contributed by atoms with Gasteiger partial charge in [0.25, 0.3) is 0 Å². The van der Waals surface area contributed by atoms with Crippen molar-refractivity contribution in [2.75, 3.05) is 6.54 Å². The number of nitrogens with one attached hydrogen (secondary N) is 3. The summed E-state index contributed by atoms with van der Waals surface area (Å²) >= 11 is 0. The fourth-order valence-corrected chi connectivity index (χ4v) is 2.58. The Hall–Kier alpha value is -1.10. The van der Waals surface area contributed by atoms with Crippen molar-refractivity contribution in [1.82, 2.24) is 16.0 Å². The van der Waals surface area contributed by atoms with Crippen molar-refractivity contribution in [3.8, 4) is 0 Å². The Kier molecular flexibility index (Phi) is 5.83. The summed E-state index contributed by atoms with van der Waals surface area (Å²) in [4.78, 5) is 23.4. The smallest absolute Gasteiger partial charge is 0.237 e. The molecule has 0 aromatic carbocycles. The summed E-state index contributed by atoms with van der Waals surface area (Å²) < 4.78 is 0. The molecule has 2 aliphatic rings. The maximum absolute atomic E-state index is 11.9. The number of hydrogen-bond donors (Lipinski definition) is 3. The van der Waals surface area contributed by atoms with Gasteiger partial charge in [-0.05, 0) is 45.6 Å². The molecule has 0 aliphatic heterocycles. The first-order valence-corrected chi connectivity index (χ1v) is 7.98. The van der Waals surface area contributed by atoms with Gasteiger partial charge in [-0.25, -0.2) is 0 Å². The average Bonchev–Trinajstić information content (AvgIpc) is 3.08. The molecule has 1 unspecified atom stereocenters. The SMILES string of the molecule is CC(NCCCC(=O)NC1CC1)C(=O)NC1CCCC1. The van der Waals surface area contributed by atoms with E-state index in [0.29, 0.717) is 25.0 Å². The summed E-state index contributed by atoms with van der Waals surface area (Å²) in [5.74, 6) is 0.219. The summed E-state index contributed by atoms with van der Waals surface area (Å²) in [6.07, 6.45) is 8.25. The molecule has 0 aromatic rings. The molecule has 3 N–H and O–H groups in total. The first-order chi connectivity index (χ1) is 9.65. The molecule has 0 heterocycles. The molecule has 0 saturated heterocycles. The highest BCUT2D eigenvalue weighted by Crippen LogP contribution is 2.18. The predicted molar refractivity (Wildman–Crippen MR) is 78.3 cm³/mol. The zero-order valence-corrected chi connectivity index (χ0v) is 12.4. The molecule has 1 atom stereocenters. The highest BCUT2D eigenvalue weighted by Gasteiger charge is 2.23. The van der Waals surface area contributed by atoms with Crippen molar-refractivity contribution in [3.63, 3.8) is 0 Å². The molecule has 20 heavy (non-hydrogen) atoms. The minimum absolute atomic E-state index is 0.0827. The van der Waals surface area contributed by atoms with Gasteiger partial charge in [-0.1, -0.05) is 12.8 Å². The van der Waals surface area contributed by atoms with Crippen molar-refractivity contribution in [2.24, 2.45) is 0 Å². The number of amides is 2. The van der Waals surface area contributed by atoms with Crippen LogP contribution in [0.2, 0.25) is 0 Å². The summed E-state index contributed by atoms with van der Waals surface area (Å²) in [5.41, 5.74) is 0. The number of carbonyl (C=O) groups excluding carboxylic acids is 2. The van der Waals surface area contributed by atoms with Crippen LogP contribution in [-0.4, -0.2) is 36.5 Å². The monoisotopic (exact) mass is 281 g/mol. The van der Waals surface area contributed by atoms with Crippen LogP contribution in [0.25, 0.3) is 0 Å². The first-order valence-electron chi connectivity index (χ1n) is 7.98. The van der Waals surface area contributed by atoms with Gasteiger partial charge in [-0.15, -0.1) is 0 Å². The molecule has 2 amide bonds. The zero-order valence-electron chi connectivity index (χ0n) is 12.4. The highest BCUT2D eigenvalue weighted by molar-refractivity contribution is 5.81. The third-order valence-electron chi connectivity index (χ3n) is 4.07. The Morgan fingerprint density at radius 1 is 1.05 bits per heavy atom. The molecule has 2 saturated carbocycles. The molecule has 2 fully saturated rings. The molecule has 0 bridgehead atoms. The lowest BCUT2D eigenvalue weighted by molar-refractivity contribution is -0.123. The van der Waals surface area contributed by atoms with Crippen molar-refractivity contribution in [3.05, 3.63) is 0 Å². The van der Waals surface area contributed by atoms with Gasteiger partial charge in [-0.2, -0.15) is 0 Å². The number of rotatable bonds is 8. The van der Waals surface area contributed by atoms with Crippen molar-refractivity contribution < 1.29 is 9.59 Å². The van der Waals surface area contributed by atoms with E-state index in [-0.39, 0.29) is 17.9 Å². The van der Waals surface area contributed by atoms with Crippen LogP contribution in [0, 0.1) is 0 Å². The van der Waals surface area contributed by atoms with Crippen LogP contribution in [0.3, 0.4) is 0 Å². The van der Waals surface area contributed by atoms with Gasteiger partial charge in [0, 0.05) is 18.5 Å². The van der Waals surface area contributed by atoms with Gasteiger partial charge < -0.3 is 16.0 Å². The Balaban J connectivity index is 1.50.